The fourth-order valence-electron chi connectivity index (χ4n) is 1.42. The molecule has 0 amide bonds. The standard InChI is InChI=1S/C13H19NO/c1-3-4-7-12(2)13(15)8-11-14-9-5-6-10-14/h5-6,8-12H,3-4,7H2,1-2H3/b11-8+. The van der Waals surface area contributed by atoms with Crippen molar-refractivity contribution in [3.8, 4) is 0 Å². The van der Waals surface area contributed by atoms with Crippen LogP contribution in [0.2, 0.25) is 0 Å². The summed E-state index contributed by atoms with van der Waals surface area (Å²) in [4.78, 5) is 11.6. The fraction of sp³-hybridized carbons (Fsp3) is 0.462. The first-order valence-corrected chi connectivity index (χ1v) is 5.58. The predicted molar refractivity (Wildman–Crippen MR) is 63.5 cm³/mol. The number of rotatable bonds is 6. The highest BCUT2D eigenvalue weighted by Gasteiger charge is 2.08. The number of ketones is 1. The van der Waals surface area contributed by atoms with Crippen LogP contribution in [0, 0.1) is 5.92 Å². The molecule has 82 valence electrons. The van der Waals surface area contributed by atoms with Crippen molar-refractivity contribution >= 4 is 12.0 Å². The second-order valence-electron chi connectivity index (χ2n) is 3.89. The lowest BCUT2D eigenvalue weighted by atomic mass is 10.00. The Morgan fingerprint density at radius 3 is 2.67 bits per heavy atom. The molecule has 1 unspecified atom stereocenters. The van der Waals surface area contributed by atoms with Crippen molar-refractivity contribution in [2.24, 2.45) is 5.92 Å². The molecule has 0 fully saturated rings. The lowest BCUT2D eigenvalue weighted by Gasteiger charge is -2.05. The topological polar surface area (TPSA) is 22.0 Å². The molecule has 0 aliphatic rings. The number of allylic oxidation sites excluding steroid dienone is 1. The van der Waals surface area contributed by atoms with Crippen LogP contribution < -0.4 is 0 Å². The maximum absolute atomic E-state index is 11.6. The van der Waals surface area contributed by atoms with Crippen LogP contribution in [0.25, 0.3) is 6.20 Å². The van der Waals surface area contributed by atoms with Crippen LogP contribution in [-0.4, -0.2) is 10.4 Å². The molecule has 0 radical (unpaired) electrons. The van der Waals surface area contributed by atoms with E-state index in [9.17, 15) is 4.79 Å². The first kappa shape index (κ1) is 11.8. The summed E-state index contributed by atoms with van der Waals surface area (Å²) < 4.78 is 1.88. The molecule has 0 aliphatic heterocycles. The van der Waals surface area contributed by atoms with E-state index in [2.05, 4.69) is 6.92 Å². The third kappa shape index (κ3) is 4.15. The van der Waals surface area contributed by atoms with Gasteiger partial charge >= 0.3 is 0 Å². The van der Waals surface area contributed by atoms with Gasteiger partial charge < -0.3 is 4.57 Å². The van der Waals surface area contributed by atoms with Gasteiger partial charge in [-0.1, -0.05) is 26.7 Å². The summed E-state index contributed by atoms with van der Waals surface area (Å²) in [6.45, 7) is 4.14. The molecule has 0 saturated heterocycles. The Morgan fingerprint density at radius 2 is 2.07 bits per heavy atom. The highest BCUT2D eigenvalue weighted by Crippen LogP contribution is 2.09. The number of unbranched alkanes of at least 4 members (excludes halogenated alkanes) is 1. The minimum Gasteiger partial charge on any atom is -0.330 e. The number of nitrogens with zero attached hydrogens (tertiary/aromatic N) is 1. The van der Waals surface area contributed by atoms with Crippen LogP contribution >= 0.6 is 0 Å². The zero-order valence-electron chi connectivity index (χ0n) is 9.52. The fourth-order valence-corrected chi connectivity index (χ4v) is 1.42. The zero-order chi connectivity index (χ0) is 11.1. The average Bonchev–Trinajstić information content (AvgIpc) is 2.75. The van der Waals surface area contributed by atoms with Crippen molar-refractivity contribution in [1.29, 1.82) is 0 Å². The largest absolute Gasteiger partial charge is 0.330 e. The molecule has 2 nitrogen and oxygen atoms in total. The predicted octanol–water partition coefficient (Wildman–Crippen LogP) is 3.35. The number of hydrogen-bond donors (Lipinski definition) is 0. The second kappa shape index (κ2) is 6.23. The molecule has 1 rings (SSSR count). The van der Waals surface area contributed by atoms with E-state index in [-0.39, 0.29) is 11.7 Å². The zero-order valence-corrected chi connectivity index (χ0v) is 9.52. The van der Waals surface area contributed by atoms with E-state index in [1.807, 2.05) is 42.2 Å². The average molecular weight is 205 g/mol. The second-order valence-corrected chi connectivity index (χ2v) is 3.89. The Bertz CT molecular complexity index is 311. The summed E-state index contributed by atoms with van der Waals surface area (Å²) in [5.41, 5.74) is 0. The van der Waals surface area contributed by atoms with Crippen LogP contribution in [0.3, 0.4) is 0 Å². The molecule has 1 heterocycles. The minimum absolute atomic E-state index is 0.150. The van der Waals surface area contributed by atoms with E-state index < -0.39 is 0 Å². The molecule has 2 heteroatoms. The van der Waals surface area contributed by atoms with Gasteiger partial charge in [0.1, 0.15) is 0 Å². The van der Waals surface area contributed by atoms with E-state index in [0.717, 1.165) is 19.3 Å². The summed E-state index contributed by atoms with van der Waals surface area (Å²) in [6.07, 6.45) is 10.6. The Kier molecular flexibility index (Phi) is 4.88. The van der Waals surface area contributed by atoms with Crippen LogP contribution in [0.5, 0.6) is 0 Å². The molecule has 0 saturated carbocycles. The lowest BCUT2D eigenvalue weighted by Crippen LogP contribution is -2.07. The van der Waals surface area contributed by atoms with Gasteiger partial charge in [-0.25, -0.2) is 0 Å². The van der Waals surface area contributed by atoms with Gasteiger partial charge in [0.25, 0.3) is 0 Å². The van der Waals surface area contributed by atoms with Crippen molar-refractivity contribution in [2.45, 2.75) is 33.1 Å². The van der Waals surface area contributed by atoms with Gasteiger partial charge in [0, 0.05) is 24.5 Å². The van der Waals surface area contributed by atoms with Gasteiger partial charge in [0.15, 0.2) is 5.78 Å². The van der Waals surface area contributed by atoms with Crippen molar-refractivity contribution in [3.63, 3.8) is 0 Å². The van der Waals surface area contributed by atoms with Crippen molar-refractivity contribution in [1.82, 2.24) is 4.57 Å². The smallest absolute Gasteiger partial charge is 0.159 e. The molecular formula is C13H19NO. The summed E-state index contributed by atoms with van der Waals surface area (Å²) in [5.74, 6) is 0.369. The molecule has 0 N–H and O–H groups in total. The first-order chi connectivity index (χ1) is 7.24. The van der Waals surface area contributed by atoms with Crippen LogP contribution in [0.4, 0.5) is 0 Å². The molecule has 15 heavy (non-hydrogen) atoms. The Balaban J connectivity index is 2.41. The highest BCUT2D eigenvalue weighted by molar-refractivity contribution is 5.93. The van der Waals surface area contributed by atoms with E-state index in [4.69, 9.17) is 0 Å². The third-order valence-electron chi connectivity index (χ3n) is 2.51. The van der Waals surface area contributed by atoms with Crippen molar-refractivity contribution in [3.05, 3.63) is 30.6 Å². The number of hydrogen-bond acceptors (Lipinski definition) is 1. The maximum atomic E-state index is 11.6. The molecule has 0 aliphatic carbocycles. The van der Waals surface area contributed by atoms with Crippen molar-refractivity contribution in [2.75, 3.05) is 0 Å². The monoisotopic (exact) mass is 205 g/mol. The number of aromatic nitrogens is 1. The molecular weight excluding hydrogens is 186 g/mol. The molecule has 1 aromatic heterocycles. The van der Waals surface area contributed by atoms with Gasteiger partial charge in [-0.15, -0.1) is 0 Å². The summed E-state index contributed by atoms with van der Waals surface area (Å²) in [5, 5.41) is 0. The lowest BCUT2D eigenvalue weighted by molar-refractivity contribution is -0.117. The number of carbonyl (C=O) groups is 1. The van der Waals surface area contributed by atoms with Crippen LogP contribution in [0.1, 0.15) is 33.1 Å². The molecule has 0 bridgehead atoms. The molecule has 1 aromatic rings. The molecule has 0 spiro atoms. The van der Waals surface area contributed by atoms with Crippen molar-refractivity contribution < 1.29 is 4.79 Å². The first-order valence-electron chi connectivity index (χ1n) is 5.58. The molecule has 0 aromatic carbocycles. The summed E-state index contributed by atoms with van der Waals surface area (Å²) >= 11 is 0. The SMILES string of the molecule is CCCCC(C)C(=O)/C=C/n1cccc1. The van der Waals surface area contributed by atoms with E-state index in [1.165, 1.54) is 0 Å². The molecule has 1 atom stereocenters. The van der Waals surface area contributed by atoms with Gasteiger partial charge in [-0.3, -0.25) is 4.79 Å². The van der Waals surface area contributed by atoms with E-state index >= 15 is 0 Å². The summed E-state index contributed by atoms with van der Waals surface area (Å²) in [6, 6.07) is 3.88. The van der Waals surface area contributed by atoms with Gasteiger partial charge in [0.2, 0.25) is 0 Å². The van der Waals surface area contributed by atoms with E-state index in [1.54, 1.807) is 6.08 Å². The third-order valence-corrected chi connectivity index (χ3v) is 2.51. The Hall–Kier alpha value is -1.31. The van der Waals surface area contributed by atoms with Gasteiger partial charge in [0.05, 0.1) is 0 Å². The van der Waals surface area contributed by atoms with Crippen LogP contribution in [-0.2, 0) is 4.79 Å². The quantitative estimate of drug-likeness (QED) is 0.653. The van der Waals surface area contributed by atoms with Gasteiger partial charge in [-0.2, -0.15) is 0 Å². The highest BCUT2D eigenvalue weighted by atomic mass is 16.1. The summed E-state index contributed by atoms with van der Waals surface area (Å²) in [7, 11) is 0. The minimum atomic E-state index is 0.150. The van der Waals surface area contributed by atoms with Gasteiger partial charge in [-0.05, 0) is 24.6 Å². The normalized spacial score (nSPS) is 13.2. The Labute approximate surface area is 91.6 Å². The number of carbonyl (C=O) groups excluding carboxylic acids is 1. The van der Waals surface area contributed by atoms with Crippen LogP contribution in [0.15, 0.2) is 30.6 Å². The van der Waals surface area contributed by atoms with E-state index in [0.29, 0.717) is 0 Å². The Morgan fingerprint density at radius 1 is 1.40 bits per heavy atom. The maximum Gasteiger partial charge on any atom is 0.159 e.